The van der Waals surface area contributed by atoms with Crippen LogP contribution in [0.1, 0.15) is 17.7 Å². The van der Waals surface area contributed by atoms with Gasteiger partial charge in [0, 0.05) is 37.6 Å². The van der Waals surface area contributed by atoms with E-state index in [0.717, 1.165) is 22.3 Å². The number of hydrogen-bond donors (Lipinski definition) is 2. The van der Waals surface area contributed by atoms with Crippen LogP contribution in [0.15, 0.2) is 33.7 Å². The maximum Gasteiger partial charge on any atom is 0.214 e. The first kappa shape index (κ1) is 21.0. The zero-order chi connectivity index (χ0) is 17.9. The molecule has 1 aromatic carbocycles. The first-order valence-electron chi connectivity index (χ1n) is 8.40. The van der Waals surface area contributed by atoms with Crippen molar-refractivity contribution < 1.29 is 12.8 Å². The Labute approximate surface area is 171 Å². The molecule has 1 aliphatic heterocycles. The number of furan rings is 1. The third-order valence-corrected chi connectivity index (χ3v) is 6.40. The molecule has 0 bridgehead atoms. The molecule has 1 saturated heterocycles. The van der Waals surface area contributed by atoms with Crippen molar-refractivity contribution in [1.82, 2.24) is 14.9 Å². The normalized spacial score (nSPS) is 17.2. The van der Waals surface area contributed by atoms with E-state index in [2.05, 4.69) is 15.6 Å². The Kier molecular flexibility index (Phi) is 7.30. The van der Waals surface area contributed by atoms with Gasteiger partial charge in [0.1, 0.15) is 11.3 Å². The van der Waals surface area contributed by atoms with Crippen molar-refractivity contribution in [3.63, 3.8) is 0 Å². The minimum Gasteiger partial charge on any atom is -0.459 e. The number of para-hydroxylation sites is 1. The highest BCUT2D eigenvalue weighted by Crippen LogP contribution is 2.24. The molecule has 0 aliphatic carbocycles. The van der Waals surface area contributed by atoms with Crippen LogP contribution in [0.25, 0.3) is 11.0 Å². The second-order valence-corrected chi connectivity index (χ2v) is 8.16. The minimum atomic E-state index is -3.05. The summed E-state index contributed by atoms with van der Waals surface area (Å²) in [6.07, 6.45) is 0.709. The van der Waals surface area contributed by atoms with Crippen molar-refractivity contribution in [2.45, 2.75) is 19.9 Å². The van der Waals surface area contributed by atoms with Crippen LogP contribution in [0.4, 0.5) is 0 Å². The van der Waals surface area contributed by atoms with Gasteiger partial charge in [-0.15, -0.1) is 24.0 Å². The number of nitrogens with zero attached hydrogens (tertiary/aromatic N) is 2. The van der Waals surface area contributed by atoms with Crippen molar-refractivity contribution in [3.05, 3.63) is 35.6 Å². The van der Waals surface area contributed by atoms with Crippen molar-refractivity contribution in [2.24, 2.45) is 4.99 Å². The minimum absolute atomic E-state index is 0. The molecule has 0 unspecified atom stereocenters. The number of rotatable bonds is 5. The third-order valence-electron chi connectivity index (χ3n) is 4.44. The van der Waals surface area contributed by atoms with Crippen LogP contribution in [-0.2, 0) is 16.6 Å². The highest BCUT2D eigenvalue weighted by atomic mass is 127. The van der Waals surface area contributed by atoms with E-state index in [0.29, 0.717) is 38.6 Å². The smallest absolute Gasteiger partial charge is 0.214 e. The fourth-order valence-corrected chi connectivity index (χ4v) is 4.55. The molecule has 1 aromatic heterocycles. The second-order valence-electron chi connectivity index (χ2n) is 6.07. The molecule has 2 heterocycles. The van der Waals surface area contributed by atoms with Crippen molar-refractivity contribution in [1.29, 1.82) is 0 Å². The summed E-state index contributed by atoms with van der Waals surface area (Å²) in [6.45, 7) is 4.12. The van der Waals surface area contributed by atoms with Gasteiger partial charge in [-0.25, -0.2) is 12.7 Å². The molecule has 1 fully saturated rings. The number of sulfonamides is 1. The number of aryl methyl sites for hydroxylation is 1. The molecule has 0 radical (unpaired) electrons. The van der Waals surface area contributed by atoms with E-state index in [-0.39, 0.29) is 29.7 Å². The molecule has 7 nitrogen and oxygen atoms in total. The lowest BCUT2D eigenvalue weighted by Crippen LogP contribution is -2.41. The first-order chi connectivity index (χ1) is 12.0. The Hall–Kier alpha value is -1.33. The summed E-state index contributed by atoms with van der Waals surface area (Å²) in [5.74, 6) is 1.74. The molecule has 2 N–H and O–H groups in total. The molecule has 0 amide bonds. The Bertz CT molecular complexity index is 879. The van der Waals surface area contributed by atoms with E-state index in [1.807, 2.05) is 31.2 Å². The summed E-state index contributed by atoms with van der Waals surface area (Å²) < 4.78 is 31.0. The topological polar surface area (TPSA) is 86.9 Å². The standard InChI is InChI=1S/C17H24N4O3S.HI/c1-13-14-6-3-4-7-15(14)24-16(13)12-20-17(18-2)19-8-10-21-9-5-11-25(21,22)23;/h3-4,6-7H,5,8-12H2,1-2H3,(H2,18,19,20);1H. The predicted molar refractivity (Wildman–Crippen MR) is 115 cm³/mol. The van der Waals surface area contributed by atoms with Gasteiger partial charge in [-0.2, -0.15) is 0 Å². The fourth-order valence-electron chi connectivity index (χ4n) is 3.02. The summed E-state index contributed by atoms with van der Waals surface area (Å²) in [5, 5.41) is 7.47. The molecule has 0 atom stereocenters. The summed E-state index contributed by atoms with van der Waals surface area (Å²) in [5.41, 5.74) is 1.99. The number of halogens is 1. The van der Waals surface area contributed by atoms with Gasteiger partial charge in [0.2, 0.25) is 10.0 Å². The summed E-state index contributed by atoms with van der Waals surface area (Å²) in [4.78, 5) is 4.17. The number of fused-ring (bicyclic) bond motifs is 1. The molecular formula is C17H25IN4O3S. The molecule has 3 rings (SSSR count). The number of guanidine groups is 1. The average Bonchev–Trinajstić information content (AvgIpc) is 3.10. The van der Waals surface area contributed by atoms with Gasteiger partial charge in [0.25, 0.3) is 0 Å². The lowest BCUT2D eigenvalue weighted by Gasteiger charge is -2.16. The van der Waals surface area contributed by atoms with Gasteiger partial charge in [-0.3, -0.25) is 4.99 Å². The van der Waals surface area contributed by atoms with E-state index in [1.54, 1.807) is 7.05 Å². The SMILES string of the molecule is CN=C(NCCN1CCCS1(=O)=O)NCc1oc2ccccc2c1C.I. The van der Waals surface area contributed by atoms with Gasteiger partial charge in [0.05, 0.1) is 12.3 Å². The van der Waals surface area contributed by atoms with E-state index < -0.39 is 10.0 Å². The molecule has 9 heteroatoms. The van der Waals surface area contributed by atoms with Crippen molar-refractivity contribution in [2.75, 3.05) is 32.4 Å². The van der Waals surface area contributed by atoms with Gasteiger partial charge in [-0.05, 0) is 19.4 Å². The van der Waals surface area contributed by atoms with Gasteiger partial charge < -0.3 is 15.1 Å². The Balaban J connectivity index is 0.00000243. The summed E-state index contributed by atoms with van der Waals surface area (Å²) in [6, 6.07) is 7.95. The summed E-state index contributed by atoms with van der Waals surface area (Å²) in [7, 11) is -1.36. The monoisotopic (exact) mass is 492 g/mol. The zero-order valence-electron chi connectivity index (χ0n) is 15.0. The van der Waals surface area contributed by atoms with Crippen LogP contribution in [0.3, 0.4) is 0 Å². The number of nitrogens with one attached hydrogen (secondary N) is 2. The Morgan fingerprint density at radius 2 is 2.08 bits per heavy atom. The number of hydrogen-bond acceptors (Lipinski definition) is 4. The Morgan fingerprint density at radius 1 is 1.31 bits per heavy atom. The van der Waals surface area contributed by atoms with Crippen LogP contribution in [-0.4, -0.2) is 51.1 Å². The summed E-state index contributed by atoms with van der Waals surface area (Å²) >= 11 is 0. The third kappa shape index (κ3) is 4.68. The lowest BCUT2D eigenvalue weighted by molar-refractivity contribution is 0.444. The number of aliphatic imine (C=N–C) groups is 1. The second kappa shape index (κ2) is 9.05. The highest BCUT2D eigenvalue weighted by molar-refractivity contribution is 14.0. The molecule has 2 aromatic rings. The Morgan fingerprint density at radius 3 is 2.73 bits per heavy atom. The van der Waals surface area contributed by atoms with Crippen LogP contribution in [0.5, 0.6) is 0 Å². The van der Waals surface area contributed by atoms with Gasteiger partial charge in [0.15, 0.2) is 5.96 Å². The van der Waals surface area contributed by atoms with E-state index >= 15 is 0 Å². The first-order valence-corrected chi connectivity index (χ1v) is 10.0. The van der Waals surface area contributed by atoms with Gasteiger partial charge >= 0.3 is 0 Å². The van der Waals surface area contributed by atoms with E-state index in [9.17, 15) is 8.42 Å². The van der Waals surface area contributed by atoms with Crippen LogP contribution in [0, 0.1) is 6.92 Å². The lowest BCUT2D eigenvalue weighted by atomic mass is 10.1. The maximum absolute atomic E-state index is 11.8. The predicted octanol–water partition coefficient (Wildman–Crippen LogP) is 2.06. The van der Waals surface area contributed by atoms with Crippen molar-refractivity contribution in [3.8, 4) is 0 Å². The maximum atomic E-state index is 11.8. The van der Waals surface area contributed by atoms with Gasteiger partial charge in [-0.1, -0.05) is 18.2 Å². The zero-order valence-corrected chi connectivity index (χ0v) is 18.1. The fraction of sp³-hybridized carbons (Fsp3) is 0.471. The quantitative estimate of drug-likeness (QED) is 0.379. The molecule has 144 valence electrons. The largest absolute Gasteiger partial charge is 0.459 e. The molecule has 26 heavy (non-hydrogen) atoms. The molecule has 1 aliphatic rings. The average molecular weight is 492 g/mol. The van der Waals surface area contributed by atoms with Crippen molar-refractivity contribution >= 4 is 50.9 Å². The molecular weight excluding hydrogens is 467 g/mol. The van der Waals surface area contributed by atoms with E-state index in [1.165, 1.54) is 4.31 Å². The van der Waals surface area contributed by atoms with E-state index in [4.69, 9.17) is 4.42 Å². The van der Waals surface area contributed by atoms with Crippen LogP contribution >= 0.6 is 24.0 Å². The molecule has 0 spiro atoms. The van der Waals surface area contributed by atoms with Crippen LogP contribution in [0.2, 0.25) is 0 Å². The number of benzene rings is 1. The van der Waals surface area contributed by atoms with Crippen LogP contribution < -0.4 is 10.6 Å². The highest BCUT2D eigenvalue weighted by Gasteiger charge is 2.27. The molecule has 0 saturated carbocycles.